The van der Waals surface area contributed by atoms with Crippen molar-refractivity contribution in [1.29, 1.82) is 0 Å². The fraction of sp³-hybridized carbons (Fsp3) is 0.688. The van der Waals surface area contributed by atoms with Gasteiger partial charge in [-0.15, -0.1) is 0 Å². The van der Waals surface area contributed by atoms with Gasteiger partial charge >= 0.3 is 0 Å². The summed E-state index contributed by atoms with van der Waals surface area (Å²) in [6.07, 6.45) is 1.65. The minimum atomic E-state index is 0.0549. The summed E-state index contributed by atoms with van der Waals surface area (Å²) in [6.45, 7) is 9.75. The van der Waals surface area contributed by atoms with Gasteiger partial charge in [-0.2, -0.15) is 5.10 Å². The zero-order valence-electron chi connectivity index (χ0n) is 13.8. The van der Waals surface area contributed by atoms with Crippen molar-refractivity contribution in [1.82, 2.24) is 19.6 Å². The number of fused-ring (bicyclic) bond motifs is 3. The molecule has 0 saturated carbocycles. The van der Waals surface area contributed by atoms with E-state index >= 15 is 0 Å². The van der Waals surface area contributed by atoms with Gasteiger partial charge in [0.2, 0.25) is 5.91 Å². The normalized spacial score (nSPS) is 21.7. The number of hydrogen-bond acceptors (Lipinski definition) is 3. The second-order valence-electron chi connectivity index (χ2n) is 6.64. The Kier molecular flexibility index (Phi) is 3.70. The first kappa shape index (κ1) is 15.1. The quantitative estimate of drug-likeness (QED) is 0.788. The average molecular weight is 304 g/mol. The fourth-order valence-corrected chi connectivity index (χ4v) is 3.54. The summed E-state index contributed by atoms with van der Waals surface area (Å²) in [7, 11) is 0. The van der Waals surface area contributed by atoms with Gasteiger partial charge in [-0.05, 0) is 27.2 Å². The van der Waals surface area contributed by atoms with E-state index in [1.54, 1.807) is 6.92 Å². The van der Waals surface area contributed by atoms with E-state index in [1.807, 2.05) is 35.3 Å². The molecular formula is C16H24N4O2. The second-order valence-corrected chi connectivity index (χ2v) is 6.64. The van der Waals surface area contributed by atoms with Gasteiger partial charge in [0.05, 0.1) is 12.2 Å². The molecule has 6 nitrogen and oxygen atoms in total. The van der Waals surface area contributed by atoms with E-state index in [-0.39, 0.29) is 23.9 Å². The first-order valence-corrected chi connectivity index (χ1v) is 8.07. The molecule has 3 heterocycles. The van der Waals surface area contributed by atoms with Crippen LogP contribution < -0.4 is 0 Å². The Hall–Kier alpha value is -1.85. The van der Waals surface area contributed by atoms with Gasteiger partial charge in [0.25, 0.3) is 5.91 Å². The Bertz CT molecular complexity index is 620. The Balaban J connectivity index is 2.04. The molecule has 0 fully saturated rings. The molecule has 3 rings (SSSR count). The Morgan fingerprint density at radius 2 is 2.05 bits per heavy atom. The molecule has 1 aromatic heterocycles. The average Bonchev–Trinajstić information content (AvgIpc) is 2.69. The summed E-state index contributed by atoms with van der Waals surface area (Å²) in [4.78, 5) is 28.5. The number of carbonyl (C=O) groups excluding carboxylic acids is 2. The van der Waals surface area contributed by atoms with Crippen molar-refractivity contribution >= 4 is 11.8 Å². The van der Waals surface area contributed by atoms with Crippen molar-refractivity contribution in [3.05, 3.63) is 17.0 Å². The van der Waals surface area contributed by atoms with Gasteiger partial charge in [-0.1, -0.05) is 0 Å². The van der Waals surface area contributed by atoms with E-state index in [1.165, 1.54) is 0 Å². The number of aryl methyl sites for hydroxylation is 1. The summed E-state index contributed by atoms with van der Waals surface area (Å²) in [5.74, 6) is 0.110. The third kappa shape index (κ3) is 2.30. The van der Waals surface area contributed by atoms with Crippen molar-refractivity contribution in [3.63, 3.8) is 0 Å². The molecule has 1 aromatic rings. The van der Waals surface area contributed by atoms with Crippen LogP contribution in [-0.2, 0) is 24.3 Å². The SMILES string of the molecule is CC(=O)N1Cc2c(nn3c2C(=O)N(C(C)C)CCC3)CC1C. The standard InChI is InChI=1S/C16H24N4O2/c1-10(2)18-6-5-7-20-15(16(18)22)13-9-19(12(4)21)11(3)8-14(13)17-20/h10-11H,5-9H2,1-4H3. The van der Waals surface area contributed by atoms with Gasteiger partial charge in [-0.25, -0.2) is 0 Å². The minimum absolute atomic E-state index is 0.0549. The zero-order chi connectivity index (χ0) is 16.0. The van der Waals surface area contributed by atoms with Crippen LogP contribution >= 0.6 is 0 Å². The maximum atomic E-state index is 12.9. The molecule has 22 heavy (non-hydrogen) atoms. The van der Waals surface area contributed by atoms with Crippen molar-refractivity contribution in [2.24, 2.45) is 0 Å². The van der Waals surface area contributed by atoms with Crippen LogP contribution in [0, 0.1) is 0 Å². The Morgan fingerprint density at radius 3 is 2.68 bits per heavy atom. The molecule has 0 aromatic carbocycles. The van der Waals surface area contributed by atoms with E-state index < -0.39 is 0 Å². The molecule has 2 amide bonds. The summed E-state index contributed by atoms with van der Waals surface area (Å²) >= 11 is 0. The van der Waals surface area contributed by atoms with Crippen LogP contribution in [0.2, 0.25) is 0 Å². The van der Waals surface area contributed by atoms with E-state index in [4.69, 9.17) is 0 Å². The highest BCUT2D eigenvalue weighted by Crippen LogP contribution is 2.28. The topological polar surface area (TPSA) is 58.4 Å². The molecule has 0 radical (unpaired) electrons. The number of rotatable bonds is 1. The van der Waals surface area contributed by atoms with Gasteiger partial charge in [0.15, 0.2) is 0 Å². The predicted molar refractivity (Wildman–Crippen MR) is 82.4 cm³/mol. The van der Waals surface area contributed by atoms with Crippen molar-refractivity contribution in [2.45, 2.75) is 65.7 Å². The van der Waals surface area contributed by atoms with Crippen LogP contribution in [-0.4, -0.2) is 50.0 Å². The lowest BCUT2D eigenvalue weighted by Gasteiger charge is -2.32. The van der Waals surface area contributed by atoms with Gasteiger partial charge in [-0.3, -0.25) is 14.3 Å². The third-order valence-corrected chi connectivity index (χ3v) is 4.74. The van der Waals surface area contributed by atoms with Crippen LogP contribution in [0.25, 0.3) is 0 Å². The monoisotopic (exact) mass is 304 g/mol. The second kappa shape index (κ2) is 5.41. The molecular weight excluding hydrogens is 280 g/mol. The van der Waals surface area contributed by atoms with E-state index in [9.17, 15) is 9.59 Å². The molecule has 6 heteroatoms. The summed E-state index contributed by atoms with van der Waals surface area (Å²) in [5.41, 5.74) is 2.63. The van der Waals surface area contributed by atoms with E-state index in [2.05, 4.69) is 5.10 Å². The van der Waals surface area contributed by atoms with Gasteiger partial charge < -0.3 is 9.80 Å². The molecule has 1 unspecified atom stereocenters. The molecule has 0 aliphatic carbocycles. The largest absolute Gasteiger partial charge is 0.335 e. The maximum Gasteiger partial charge on any atom is 0.272 e. The van der Waals surface area contributed by atoms with Crippen LogP contribution in [0.3, 0.4) is 0 Å². The lowest BCUT2D eigenvalue weighted by atomic mass is 9.99. The smallest absolute Gasteiger partial charge is 0.272 e. The number of aromatic nitrogens is 2. The Labute approximate surface area is 131 Å². The number of carbonyl (C=O) groups is 2. The molecule has 2 aliphatic rings. The Morgan fingerprint density at radius 1 is 1.32 bits per heavy atom. The fourth-order valence-electron chi connectivity index (χ4n) is 3.54. The summed E-state index contributed by atoms with van der Waals surface area (Å²) in [5, 5.41) is 4.67. The third-order valence-electron chi connectivity index (χ3n) is 4.74. The number of nitrogens with zero attached hydrogens (tertiary/aromatic N) is 4. The van der Waals surface area contributed by atoms with Crippen LogP contribution in [0.5, 0.6) is 0 Å². The molecule has 0 N–H and O–H groups in total. The highest BCUT2D eigenvalue weighted by atomic mass is 16.2. The van der Waals surface area contributed by atoms with Crippen molar-refractivity contribution in [3.8, 4) is 0 Å². The first-order chi connectivity index (χ1) is 10.4. The molecule has 0 spiro atoms. The van der Waals surface area contributed by atoms with Crippen molar-refractivity contribution in [2.75, 3.05) is 6.54 Å². The van der Waals surface area contributed by atoms with E-state index in [0.29, 0.717) is 12.2 Å². The predicted octanol–water partition coefficient (Wildman–Crippen LogP) is 1.43. The number of hydrogen-bond donors (Lipinski definition) is 0. The highest BCUT2D eigenvalue weighted by molar-refractivity contribution is 5.95. The van der Waals surface area contributed by atoms with Crippen LogP contribution in [0.1, 0.15) is 55.9 Å². The van der Waals surface area contributed by atoms with Crippen LogP contribution in [0.15, 0.2) is 0 Å². The molecule has 2 aliphatic heterocycles. The molecule has 0 saturated heterocycles. The highest BCUT2D eigenvalue weighted by Gasteiger charge is 2.35. The molecule has 0 bridgehead atoms. The lowest BCUT2D eigenvalue weighted by molar-refractivity contribution is -0.131. The summed E-state index contributed by atoms with van der Waals surface area (Å²) in [6, 6.07) is 0.316. The minimum Gasteiger partial charge on any atom is -0.335 e. The van der Waals surface area contributed by atoms with Gasteiger partial charge in [0, 0.05) is 44.1 Å². The number of amides is 2. The van der Waals surface area contributed by atoms with Gasteiger partial charge in [0.1, 0.15) is 5.69 Å². The summed E-state index contributed by atoms with van der Waals surface area (Å²) < 4.78 is 1.87. The lowest BCUT2D eigenvalue weighted by Crippen LogP contribution is -2.42. The van der Waals surface area contributed by atoms with E-state index in [0.717, 1.165) is 37.2 Å². The molecule has 1 atom stereocenters. The maximum absolute atomic E-state index is 12.9. The van der Waals surface area contributed by atoms with Crippen molar-refractivity contribution < 1.29 is 9.59 Å². The molecule has 120 valence electrons. The van der Waals surface area contributed by atoms with Crippen LogP contribution in [0.4, 0.5) is 0 Å². The zero-order valence-corrected chi connectivity index (χ0v) is 13.8. The first-order valence-electron chi connectivity index (χ1n) is 8.07.